The maximum absolute atomic E-state index is 9.47. The van der Waals surface area contributed by atoms with E-state index in [2.05, 4.69) is 9.68 Å². The molecule has 14 heavy (non-hydrogen) atoms. The third kappa shape index (κ3) is 1.35. The second kappa shape index (κ2) is 2.95. The van der Waals surface area contributed by atoms with E-state index in [1.807, 2.05) is 0 Å². The summed E-state index contributed by atoms with van der Waals surface area (Å²) in [6.07, 6.45) is 0. The van der Waals surface area contributed by atoms with Gasteiger partial charge >= 0.3 is 0 Å². The SMILES string of the molecule is Nc1cc(-c2ccc(O)cc2O)no1. The lowest BCUT2D eigenvalue weighted by molar-refractivity contribution is 0.435. The Morgan fingerprint density at radius 3 is 2.57 bits per heavy atom. The van der Waals surface area contributed by atoms with Crippen LogP contribution in [-0.4, -0.2) is 15.4 Å². The van der Waals surface area contributed by atoms with Gasteiger partial charge in [-0.05, 0) is 12.1 Å². The Kier molecular flexibility index (Phi) is 1.78. The van der Waals surface area contributed by atoms with Gasteiger partial charge in [0.05, 0.1) is 0 Å². The minimum atomic E-state index is -0.0710. The number of nitrogens with zero attached hydrogens (tertiary/aromatic N) is 1. The van der Waals surface area contributed by atoms with Gasteiger partial charge in [-0.3, -0.25) is 0 Å². The second-order valence-electron chi connectivity index (χ2n) is 2.82. The van der Waals surface area contributed by atoms with E-state index in [0.717, 1.165) is 0 Å². The molecule has 2 aromatic rings. The maximum Gasteiger partial charge on any atom is 0.222 e. The largest absolute Gasteiger partial charge is 0.508 e. The molecule has 5 nitrogen and oxygen atoms in total. The first-order chi connectivity index (χ1) is 6.66. The zero-order valence-electron chi connectivity index (χ0n) is 7.14. The molecule has 0 unspecified atom stereocenters. The fourth-order valence-electron chi connectivity index (χ4n) is 1.15. The van der Waals surface area contributed by atoms with Crippen molar-refractivity contribution in [3.05, 3.63) is 24.3 Å². The van der Waals surface area contributed by atoms with Crippen molar-refractivity contribution in [3.8, 4) is 22.8 Å². The number of nitrogens with two attached hydrogens (primary N) is 1. The molecule has 1 heterocycles. The molecular formula is C9H8N2O3. The first-order valence-electron chi connectivity index (χ1n) is 3.91. The van der Waals surface area contributed by atoms with Crippen LogP contribution in [0.15, 0.2) is 28.8 Å². The van der Waals surface area contributed by atoms with E-state index in [-0.39, 0.29) is 17.4 Å². The Labute approximate surface area is 79.4 Å². The van der Waals surface area contributed by atoms with E-state index < -0.39 is 0 Å². The molecule has 0 saturated carbocycles. The van der Waals surface area contributed by atoms with Crippen molar-refractivity contribution in [2.24, 2.45) is 0 Å². The van der Waals surface area contributed by atoms with Gasteiger partial charge in [-0.2, -0.15) is 0 Å². The Morgan fingerprint density at radius 2 is 2.00 bits per heavy atom. The summed E-state index contributed by atoms with van der Waals surface area (Å²) >= 11 is 0. The highest BCUT2D eigenvalue weighted by Gasteiger charge is 2.09. The predicted octanol–water partition coefficient (Wildman–Crippen LogP) is 1.33. The van der Waals surface area contributed by atoms with Gasteiger partial charge in [0.15, 0.2) is 0 Å². The normalized spacial score (nSPS) is 10.3. The molecular weight excluding hydrogens is 184 g/mol. The van der Waals surface area contributed by atoms with Crippen molar-refractivity contribution in [3.63, 3.8) is 0 Å². The zero-order valence-corrected chi connectivity index (χ0v) is 7.14. The molecule has 72 valence electrons. The van der Waals surface area contributed by atoms with Crippen molar-refractivity contribution in [2.45, 2.75) is 0 Å². The molecule has 0 spiro atoms. The Hall–Kier alpha value is -2.17. The van der Waals surface area contributed by atoms with Crippen molar-refractivity contribution >= 4 is 5.88 Å². The van der Waals surface area contributed by atoms with Gasteiger partial charge in [0.2, 0.25) is 5.88 Å². The molecule has 0 aliphatic rings. The molecule has 0 atom stereocenters. The summed E-state index contributed by atoms with van der Waals surface area (Å²) in [7, 11) is 0. The summed E-state index contributed by atoms with van der Waals surface area (Å²) in [4.78, 5) is 0. The summed E-state index contributed by atoms with van der Waals surface area (Å²) in [6.45, 7) is 0. The van der Waals surface area contributed by atoms with Gasteiger partial charge in [-0.1, -0.05) is 5.16 Å². The smallest absolute Gasteiger partial charge is 0.222 e. The third-order valence-corrected chi connectivity index (χ3v) is 1.79. The van der Waals surface area contributed by atoms with Crippen LogP contribution in [0.1, 0.15) is 0 Å². The Balaban J connectivity index is 2.52. The molecule has 0 bridgehead atoms. The molecule has 0 aliphatic heterocycles. The molecule has 2 rings (SSSR count). The number of anilines is 1. The molecule has 1 aromatic heterocycles. The van der Waals surface area contributed by atoms with E-state index >= 15 is 0 Å². The number of benzene rings is 1. The quantitative estimate of drug-likeness (QED) is 0.633. The van der Waals surface area contributed by atoms with E-state index in [1.165, 1.54) is 24.3 Å². The van der Waals surface area contributed by atoms with Gasteiger partial charge < -0.3 is 20.5 Å². The van der Waals surface area contributed by atoms with Crippen LogP contribution >= 0.6 is 0 Å². The molecule has 1 aromatic carbocycles. The molecule has 0 amide bonds. The Bertz CT molecular complexity index is 465. The molecule has 5 heteroatoms. The summed E-state index contributed by atoms with van der Waals surface area (Å²) in [5, 5.41) is 22.2. The topological polar surface area (TPSA) is 92.5 Å². The number of aromatic nitrogens is 1. The average Bonchev–Trinajstić information content (AvgIpc) is 2.51. The van der Waals surface area contributed by atoms with Crippen LogP contribution in [0.4, 0.5) is 5.88 Å². The van der Waals surface area contributed by atoms with Crippen LogP contribution in [0.5, 0.6) is 11.5 Å². The first-order valence-corrected chi connectivity index (χ1v) is 3.91. The van der Waals surface area contributed by atoms with Crippen molar-refractivity contribution < 1.29 is 14.7 Å². The Morgan fingerprint density at radius 1 is 1.21 bits per heavy atom. The van der Waals surface area contributed by atoms with E-state index in [9.17, 15) is 5.11 Å². The molecule has 0 saturated heterocycles. The van der Waals surface area contributed by atoms with Crippen LogP contribution in [0.3, 0.4) is 0 Å². The monoisotopic (exact) mass is 192 g/mol. The molecule has 4 N–H and O–H groups in total. The fourth-order valence-corrected chi connectivity index (χ4v) is 1.15. The summed E-state index contributed by atoms with van der Waals surface area (Å²) in [6, 6.07) is 5.69. The van der Waals surface area contributed by atoms with Crippen LogP contribution in [0.2, 0.25) is 0 Å². The summed E-state index contributed by atoms with van der Waals surface area (Å²) < 4.78 is 4.66. The molecule has 0 aliphatic carbocycles. The standard InChI is InChI=1S/C9H8N2O3/c10-9-4-7(11-14-9)6-2-1-5(12)3-8(6)13/h1-4,12-13H,10H2. The highest BCUT2D eigenvalue weighted by Crippen LogP contribution is 2.31. The van der Waals surface area contributed by atoms with Crippen molar-refractivity contribution in [1.29, 1.82) is 0 Å². The fraction of sp³-hybridized carbons (Fsp3) is 0. The van der Waals surface area contributed by atoms with Crippen LogP contribution in [-0.2, 0) is 0 Å². The number of aromatic hydroxyl groups is 2. The number of hydrogen-bond acceptors (Lipinski definition) is 5. The second-order valence-corrected chi connectivity index (χ2v) is 2.82. The summed E-state index contributed by atoms with van der Waals surface area (Å²) in [5.74, 6) is 0.0912. The average molecular weight is 192 g/mol. The number of nitrogen functional groups attached to an aromatic ring is 1. The van der Waals surface area contributed by atoms with Gasteiger partial charge in [0, 0.05) is 17.7 Å². The minimum absolute atomic E-state index is 0.0114. The third-order valence-electron chi connectivity index (χ3n) is 1.79. The highest BCUT2D eigenvalue weighted by atomic mass is 16.5. The van der Waals surface area contributed by atoms with E-state index in [0.29, 0.717) is 11.3 Å². The molecule has 0 radical (unpaired) electrons. The lowest BCUT2D eigenvalue weighted by Gasteiger charge is -1.99. The van der Waals surface area contributed by atoms with Crippen molar-refractivity contribution in [1.82, 2.24) is 5.16 Å². The zero-order chi connectivity index (χ0) is 10.1. The van der Waals surface area contributed by atoms with E-state index in [4.69, 9.17) is 10.8 Å². The van der Waals surface area contributed by atoms with Crippen LogP contribution < -0.4 is 5.73 Å². The van der Waals surface area contributed by atoms with Crippen LogP contribution in [0, 0.1) is 0 Å². The van der Waals surface area contributed by atoms with Gasteiger partial charge in [-0.15, -0.1) is 0 Å². The van der Waals surface area contributed by atoms with Gasteiger partial charge in [-0.25, -0.2) is 0 Å². The number of phenols is 2. The lowest BCUT2D eigenvalue weighted by Crippen LogP contribution is -1.78. The first kappa shape index (κ1) is 8.43. The highest BCUT2D eigenvalue weighted by molar-refractivity contribution is 5.68. The lowest BCUT2D eigenvalue weighted by atomic mass is 10.1. The minimum Gasteiger partial charge on any atom is -0.508 e. The van der Waals surface area contributed by atoms with Gasteiger partial charge in [0.1, 0.15) is 17.2 Å². The molecule has 0 fully saturated rings. The van der Waals surface area contributed by atoms with Crippen molar-refractivity contribution in [2.75, 3.05) is 5.73 Å². The predicted molar refractivity (Wildman–Crippen MR) is 49.7 cm³/mol. The van der Waals surface area contributed by atoms with Gasteiger partial charge in [0.25, 0.3) is 0 Å². The maximum atomic E-state index is 9.47. The summed E-state index contributed by atoms with van der Waals surface area (Å²) in [5.41, 5.74) is 6.23. The number of phenolic OH excluding ortho intramolecular Hbond substituents is 2. The van der Waals surface area contributed by atoms with E-state index in [1.54, 1.807) is 0 Å². The van der Waals surface area contributed by atoms with Crippen LogP contribution in [0.25, 0.3) is 11.3 Å². The number of hydrogen-bond donors (Lipinski definition) is 3. The number of rotatable bonds is 1.